The molecule has 6 heteroatoms. The van der Waals surface area contributed by atoms with Crippen molar-refractivity contribution in [2.75, 3.05) is 6.61 Å². The van der Waals surface area contributed by atoms with Gasteiger partial charge in [-0.3, -0.25) is 4.79 Å². The van der Waals surface area contributed by atoms with Gasteiger partial charge >= 0.3 is 5.97 Å². The third-order valence-electron chi connectivity index (χ3n) is 4.77. The number of nitrogens with one attached hydrogen (secondary N) is 1. The highest BCUT2D eigenvalue weighted by atomic mass is 32.1. The van der Waals surface area contributed by atoms with Crippen LogP contribution in [0, 0.1) is 0 Å². The van der Waals surface area contributed by atoms with E-state index in [2.05, 4.69) is 41.5 Å². The Morgan fingerprint density at radius 3 is 2.50 bits per heavy atom. The van der Waals surface area contributed by atoms with Crippen LogP contribution < -0.4 is 5.32 Å². The van der Waals surface area contributed by atoms with Crippen molar-refractivity contribution in [2.45, 2.75) is 39.2 Å². The van der Waals surface area contributed by atoms with Crippen molar-refractivity contribution in [1.29, 1.82) is 0 Å². The molecule has 156 valence electrons. The van der Waals surface area contributed by atoms with Gasteiger partial charge in [-0.1, -0.05) is 61.5 Å². The van der Waals surface area contributed by atoms with Gasteiger partial charge in [0.2, 0.25) is 0 Å². The fourth-order valence-corrected chi connectivity index (χ4v) is 3.80. The molecule has 30 heavy (non-hydrogen) atoms. The third kappa shape index (κ3) is 6.26. The summed E-state index contributed by atoms with van der Waals surface area (Å²) in [5, 5.41) is 5.28. The Morgan fingerprint density at radius 1 is 1.07 bits per heavy atom. The van der Waals surface area contributed by atoms with Gasteiger partial charge in [0.25, 0.3) is 5.91 Å². The number of esters is 1. The zero-order chi connectivity index (χ0) is 21.3. The van der Waals surface area contributed by atoms with E-state index in [4.69, 9.17) is 4.74 Å². The number of benzene rings is 2. The maximum Gasteiger partial charge on any atom is 0.358 e. The molecule has 1 aromatic heterocycles. The molecule has 0 saturated heterocycles. The van der Waals surface area contributed by atoms with Crippen LogP contribution in [0.1, 0.15) is 41.9 Å². The van der Waals surface area contributed by atoms with E-state index in [0.717, 1.165) is 29.8 Å². The molecule has 0 spiro atoms. The van der Waals surface area contributed by atoms with Gasteiger partial charge in [-0.05, 0) is 37.3 Å². The average molecular weight is 423 g/mol. The first kappa shape index (κ1) is 21.7. The van der Waals surface area contributed by atoms with E-state index in [0.29, 0.717) is 0 Å². The lowest BCUT2D eigenvalue weighted by Crippen LogP contribution is -2.36. The second-order valence-electron chi connectivity index (χ2n) is 7.16. The Kier molecular flexibility index (Phi) is 7.74. The van der Waals surface area contributed by atoms with Crippen molar-refractivity contribution in [3.05, 3.63) is 76.8 Å². The van der Waals surface area contributed by atoms with E-state index in [-0.39, 0.29) is 24.2 Å². The van der Waals surface area contributed by atoms with Gasteiger partial charge in [0, 0.05) is 17.0 Å². The lowest BCUT2D eigenvalue weighted by molar-refractivity contribution is -0.124. The molecule has 1 N–H and O–H groups in total. The summed E-state index contributed by atoms with van der Waals surface area (Å²) in [6, 6.07) is 18.2. The number of ether oxygens (including phenoxy) is 1. The predicted octanol–water partition coefficient (Wildman–Crippen LogP) is 4.67. The zero-order valence-electron chi connectivity index (χ0n) is 17.3. The second kappa shape index (κ2) is 10.7. The maximum absolute atomic E-state index is 12.2. The number of rotatable bonds is 9. The number of aromatic nitrogens is 1. The van der Waals surface area contributed by atoms with Gasteiger partial charge in [0.15, 0.2) is 12.3 Å². The number of amides is 1. The summed E-state index contributed by atoms with van der Waals surface area (Å²) in [7, 11) is 0. The molecule has 0 bridgehead atoms. The third-order valence-corrected chi connectivity index (χ3v) is 5.66. The molecule has 0 fully saturated rings. The summed E-state index contributed by atoms with van der Waals surface area (Å²) in [6.45, 7) is 3.73. The molecular formula is C24H26N2O3S. The monoisotopic (exact) mass is 422 g/mol. The summed E-state index contributed by atoms with van der Waals surface area (Å²) >= 11 is 1.38. The number of carbonyl (C=O) groups excluding carboxylic acids is 2. The van der Waals surface area contributed by atoms with Crippen LogP contribution in [0.15, 0.2) is 60.0 Å². The molecular weight excluding hydrogens is 396 g/mol. The van der Waals surface area contributed by atoms with Gasteiger partial charge < -0.3 is 10.1 Å². The van der Waals surface area contributed by atoms with Crippen molar-refractivity contribution in [3.63, 3.8) is 0 Å². The van der Waals surface area contributed by atoms with E-state index in [1.165, 1.54) is 22.5 Å². The molecule has 0 aliphatic rings. The quantitative estimate of drug-likeness (QED) is 0.509. The number of nitrogens with zero attached hydrogens (tertiary/aromatic N) is 1. The van der Waals surface area contributed by atoms with Crippen LogP contribution >= 0.6 is 11.3 Å². The summed E-state index contributed by atoms with van der Waals surface area (Å²) < 4.78 is 5.13. The van der Waals surface area contributed by atoms with Crippen molar-refractivity contribution < 1.29 is 14.3 Å². The van der Waals surface area contributed by atoms with Crippen LogP contribution in [0.3, 0.4) is 0 Å². The Morgan fingerprint density at radius 2 is 1.80 bits per heavy atom. The van der Waals surface area contributed by atoms with Gasteiger partial charge in [0.05, 0.1) is 0 Å². The van der Waals surface area contributed by atoms with Gasteiger partial charge in [0.1, 0.15) is 5.01 Å². The van der Waals surface area contributed by atoms with Crippen LogP contribution in [0.4, 0.5) is 0 Å². The first-order valence-corrected chi connectivity index (χ1v) is 11.0. The molecule has 3 rings (SSSR count). The van der Waals surface area contributed by atoms with E-state index in [1.54, 1.807) is 5.38 Å². The smallest absolute Gasteiger partial charge is 0.358 e. The molecule has 0 aliphatic heterocycles. The summed E-state index contributed by atoms with van der Waals surface area (Å²) in [5.74, 6) is -0.899. The van der Waals surface area contributed by atoms with Crippen LogP contribution in [0.2, 0.25) is 0 Å². The van der Waals surface area contributed by atoms with Gasteiger partial charge in [-0.15, -0.1) is 11.3 Å². The number of thiazole rings is 1. The second-order valence-corrected chi connectivity index (χ2v) is 8.02. The van der Waals surface area contributed by atoms with Crippen molar-refractivity contribution in [2.24, 2.45) is 0 Å². The molecule has 0 radical (unpaired) electrons. The van der Waals surface area contributed by atoms with E-state index >= 15 is 0 Å². The minimum absolute atomic E-state index is 0.00613. The lowest BCUT2D eigenvalue weighted by atomic mass is 10.1. The SMILES string of the molecule is CCc1ccc(-c2nc(C(=O)OCC(=O)N[C@@H](C)CCc3ccccc3)cs2)cc1. The minimum Gasteiger partial charge on any atom is -0.451 e. The largest absolute Gasteiger partial charge is 0.451 e. The van der Waals surface area contributed by atoms with Crippen LogP contribution in [0.5, 0.6) is 0 Å². The Labute approximate surface area is 181 Å². The summed E-state index contributed by atoms with van der Waals surface area (Å²) in [5.41, 5.74) is 3.66. The number of carbonyl (C=O) groups is 2. The fourth-order valence-electron chi connectivity index (χ4n) is 3.00. The van der Waals surface area contributed by atoms with Crippen molar-refractivity contribution in [1.82, 2.24) is 10.3 Å². The van der Waals surface area contributed by atoms with Crippen molar-refractivity contribution in [3.8, 4) is 10.6 Å². The highest BCUT2D eigenvalue weighted by Crippen LogP contribution is 2.24. The van der Waals surface area contributed by atoms with Crippen LogP contribution in [0.25, 0.3) is 10.6 Å². The predicted molar refractivity (Wildman–Crippen MR) is 120 cm³/mol. The first-order valence-electron chi connectivity index (χ1n) is 10.1. The number of aryl methyl sites for hydroxylation is 2. The van der Waals surface area contributed by atoms with E-state index < -0.39 is 5.97 Å². The Bertz CT molecular complexity index is 968. The maximum atomic E-state index is 12.2. The molecule has 1 amide bonds. The molecule has 3 aromatic rings. The average Bonchev–Trinajstić information content (AvgIpc) is 3.27. The summed E-state index contributed by atoms with van der Waals surface area (Å²) in [4.78, 5) is 28.7. The number of hydrogen-bond donors (Lipinski definition) is 1. The van der Waals surface area contributed by atoms with E-state index in [9.17, 15) is 9.59 Å². The van der Waals surface area contributed by atoms with Crippen molar-refractivity contribution >= 4 is 23.2 Å². The number of hydrogen-bond acceptors (Lipinski definition) is 5. The minimum atomic E-state index is -0.588. The molecule has 1 heterocycles. The van der Waals surface area contributed by atoms with Crippen LogP contribution in [-0.4, -0.2) is 29.5 Å². The standard InChI is InChI=1S/C24H26N2O3S/c1-3-18-11-13-20(14-12-18)23-26-21(16-30-23)24(28)29-15-22(27)25-17(2)9-10-19-7-5-4-6-8-19/h4-8,11-14,16-17H,3,9-10,15H2,1-2H3,(H,25,27)/t17-/m0/s1. The van der Waals surface area contributed by atoms with Gasteiger partial charge in [-0.2, -0.15) is 0 Å². The molecule has 2 aromatic carbocycles. The molecule has 5 nitrogen and oxygen atoms in total. The first-order chi connectivity index (χ1) is 14.5. The summed E-state index contributed by atoms with van der Waals surface area (Å²) in [6.07, 6.45) is 2.67. The highest BCUT2D eigenvalue weighted by Gasteiger charge is 2.16. The Balaban J connectivity index is 1.44. The topological polar surface area (TPSA) is 68.3 Å². The molecule has 0 aliphatic carbocycles. The molecule has 1 atom stereocenters. The highest BCUT2D eigenvalue weighted by molar-refractivity contribution is 7.13. The van der Waals surface area contributed by atoms with Gasteiger partial charge in [-0.25, -0.2) is 9.78 Å². The van der Waals surface area contributed by atoms with E-state index in [1.807, 2.05) is 37.3 Å². The normalized spacial score (nSPS) is 11.7. The molecule has 0 saturated carbocycles. The zero-order valence-corrected chi connectivity index (χ0v) is 18.1. The van der Waals surface area contributed by atoms with Crippen LogP contribution in [-0.2, 0) is 22.4 Å². The fraction of sp³-hybridized carbons (Fsp3) is 0.292. The lowest BCUT2D eigenvalue weighted by Gasteiger charge is -2.13. The molecule has 0 unspecified atom stereocenters. The Hall–Kier alpha value is -2.99.